The van der Waals surface area contributed by atoms with Crippen LogP contribution in [0, 0.1) is 5.92 Å². The van der Waals surface area contributed by atoms with Crippen LogP contribution in [0.3, 0.4) is 0 Å². The van der Waals surface area contributed by atoms with Gasteiger partial charge in [0, 0.05) is 13.1 Å². The van der Waals surface area contributed by atoms with Gasteiger partial charge < -0.3 is 14.5 Å². The van der Waals surface area contributed by atoms with Crippen molar-refractivity contribution in [2.24, 2.45) is 5.92 Å². The molecule has 2 rings (SSSR count). The first-order chi connectivity index (χ1) is 9.92. The van der Waals surface area contributed by atoms with E-state index in [1.165, 1.54) is 45.3 Å². The topological polar surface area (TPSA) is 32.8 Å². The van der Waals surface area contributed by atoms with E-state index in [2.05, 4.69) is 9.80 Å². The minimum Gasteiger partial charge on any atom is -0.460 e. The van der Waals surface area contributed by atoms with E-state index >= 15 is 0 Å². The van der Waals surface area contributed by atoms with Crippen molar-refractivity contribution in [3.05, 3.63) is 0 Å². The van der Waals surface area contributed by atoms with Gasteiger partial charge >= 0.3 is 5.97 Å². The average Bonchev–Trinajstić information content (AvgIpc) is 2.89. The summed E-state index contributed by atoms with van der Waals surface area (Å²) in [5.41, 5.74) is -0.361. The van der Waals surface area contributed by atoms with Gasteiger partial charge in [-0.25, -0.2) is 0 Å². The Morgan fingerprint density at radius 2 is 1.67 bits per heavy atom. The van der Waals surface area contributed by atoms with E-state index in [1.807, 2.05) is 20.8 Å². The largest absolute Gasteiger partial charge is 0.460 e. The van der Waals surface area contributed by atoms with Crippen LogP contribution >= 0.6 is 0 Å². The Bertz CT molecular complexity index is 324. The SMILES string of the molecule is CC(C)(C)OC(=O)CCN1CCC(CN2CCCC2)CC1. The summed E-state index contributed by atoms with van der Waals surface area (Å²) in [4.78, 5) is 16.8. The van der Waals surface area contributed by atoms with Crippen LogP contribution in [0.2, 0.25) is 0 Å². The summed E-state index contributed by atoms with van der Waals surface area (Å²) >= 11 is 0. The minimum atomic E-state index is -0.361. The van der Waals surface area contributed by atoms with E-state index in [9.17, 15) is 4.79 Å². The summed E-state index contributed by atoms with van der Waals surface area (Å²) in [6.07, 6.45) is 5.85. The van der Waals surface area contributed by atoms with Crippen molar-refractivity contribution in [1.82, 2.24) is 9.80 Å². The first-order valence-electron chi connectivity index (χ1n) is 8.59. The number of ether oxygens (including phenoxy) is 1. The van der Waals surface area contributed by atoms with Gasteiger partial charge in [-0.2, -0.15) is 0 Å². The number of rotatable bonds is 5. The summed E-state index contributed by atoms with van der Waals surface area (Å²) in [6, 6.07) is 0. The molecule has 0 N–H and O–H groups in total. The van der Waals surface area contributed by atoms with Crippen LogP contribution in [-0.4, -0.2) is 60.6 Å². The summed E-state index contributed by atoms with van der Waals surface area (Å²) < 4.78 is 5.37. The minimum absolute atomic E-state index is 0.0679. The van der Waals surface area contributed by atoms with Gasteiger partial charge in [0.1, 0.15) is 5.60 Å². The predicted octanol–water partition coefficient (Wildman–Crippen LogP) is 2.53. The van der Waals surface area contributed by atoms with Crippen LogP contribution in [0.1, 0.15) is 52.9 Å². The molecule has 0 saturated carbocycles. The zero-order valence-corrected chi connectivity index (χ0v) is 14.1. The molecule has 0 unspecified atom stereocenters. The van der Waals surface area contributed by atoms with Crippen molar-refractivity contribution in [2.75, 3.05) is 39.3 Å². The van der Waals surface area contributed by atoms with Gasteiger partial charge in [-0.1, -0.05) is 0 Å². The lowest BCUT2D eigenvalue weighted by molar-refractivity contribution is -0.155. The number of carbonyl (C=O) groups is 1. The van der Waals surface area contributed by atoms with Gasteiger partial charge in [0.15, 0.2) is 0 Å². The van der Waals surface area contributed by atoms with Gasteiger partial charge in [0.25, 0.3) is 0 Å². The van der Waals surface area contributed by atoms with Crippen LogP contribution in [0.15, 0.2) is 0 Å². The molecule has 4 heteroatoms. The Labute approximate surface area is 129 Å². The van der Waals surface area contributed by atoms with E-state index in [1.54, 1.807) is 0 Å². The summed E-state index contributed by atoms with van der Waals surface area (Å²) in [7, 11) is 0. The number of piperidine rings is 1. The first kappa shape index (κ1) is 16.8. The fourth-order valence-electron chi connectivity index (χ4n) is 3.36. The Morgan fingerprint density at radius 3 is 2.24 bits per heavy atom. The number of hydrogen-bond donors (Lipinski definition) is 0. The van der Waals surface area contributed by atoms with Crippen LogP contribution in [0.25, 0.3) is 0 Å². The van der Waals surface area contributed by atoms with Crippen molar-refractivity contribution in [3.8, 4) is 0 Å². The summed E-state index contributed by atoms with van der Waals surface area (Å²) in [5.74, 6) is 0.794. The number of esters is 1. The molecule has 2 aliphatic heterocycles. The van der Waals surface area contributed by atoms with E-state index in [0.29, 0.717) is 6.42 Å². The first-order valence-corrected chi connectivity index (χ1v) is 8.59. The molecule has 0 bridgehead atoms. The molecule has 0 aromatic carbocycles. The summed E-state index contributed by atoms with van der Waals surface area (Å²) in [6.45, 7) is 12.8. The van der Waals surface area contributed by atoms with Crippen LogP contribution in [0.4, 0.5) is 0 Å². The lowest BCUT2D eigenvalue weighted by atomic mass is 9.96. The van der Waals surface area contributed by atoms with Crippen molar-refractivity contribution in [2.45, 2.75) is 58.5 Å². The fraction of sp³-hybridized carbons (Fsp3) is 0.941. The van der Waals surface area contributed by atoms with Crippen molar-refractivity contribution in [1.29, 1.82) is 0 Å². The van der Waals surface area contributed by atoms with Crippen LogP contribution < -0.4 is 0 Å². The van der Waals surface area contributed by atoms with Gasteiger partial charge in [0.05, 0.1) is 6.42 Å². The average molecular weight is 296 g/mol. The molecule has 0 radical (unpaired) electrons. The normalized spacial score (nSPS) is 22.6. The quantitative estimate of drug-likeness (QED) is 0.730. The van der Waals surface area contributed by atoms with Gasteiger partial charge in [-0.05, 0) is 78.6 Å². The van der Waals surface area contributed by atoms with E-state index in [4.69, 9.17) is 4.74 Å². The third-order valence-electron chi connectivity index (χ3n) is 4.47. The van der Waals surface area contributed by atoms with Crippen LogP contribution in [-0.2, 0) is 9.53 Å². The molecule has 0 spiro atoms. The monoisotopic (exact) mass is 296 g/mol. The second-order valence-corrected chi connectivity index (χ2v) is 7.63. The van der Waals surface area contributed by atoms with Gasteiger partial charge in [-0.15, -0.1) is 0 Å². The molecule has 2 aliphatic rings. The van der Waals surface area contributed by atoms with Crippen LogP contribution in [0.5, 0.6) is 0 Å². The molecule has 0 atom stereocenters. The van der Waals surface area contributed by atoms with Crippen molar-refractivity contribution < 1.29 is 9.53 Å². The van der Waals surface area contributed by atoms with Gasteiger partial charge in [0.2, 0.25) is 0 Å². The zero-order valence-electron chi connectivity index (χ0n) is 14.1. The maximum atomic E-state index is 11.7. The molecular formula is C17H32N2O2. The smallest absolute Gasteiger partial charge is 0.307 e. The molecule has 2 fully saturated rings. The highest BCUT2D eigenvalue weighted by Gasteiger charge is 2.23. The Morgan fingerprint density at radius 1 is 1.05 bits per heavy atom. The molecule has 2 saturated heterocycles. The number of hydrogen-bond acceptors (Lipinski definition) is 4. The highest BCUT2D eigenvalue weighted by Crippen LogP contribution is 2.21. The number of carbonyl (C=O) groups excluding carboxylic acids is 1. The second-order valence-electron chi connectivity index (χ2n) is 7.63. The lowest BCUT2D eigenvalue weighted by Gasteiger charge is -2.33. The van der Waals surface area contributed by atoms with Crippen molar-refractivity contribution in [3.63, 3.8) is 0 Å². The molecule has 0 aromatic heterocycles. The molecule has 2 heterocycles. The number of nitrogens with zero attached hydrogens (tertiary/aromatic N) is 2. The Hall–Kier alpha value is -0.610. The molecule has 21 heavy (non-hydrogen) atoms. The molecule has 0 amide bonds. The zero-order chi connectivity index (χ0) is 15.3. The third kappa shape index (κ3) is 6.35. The molecule has 122 valence electrons. The highest BCUT2D eigenvalue weighted by molar-refractivity contribution is 5.70. The highest BCUT2D eigenvalue weighted by atomic mass is 16.6. The van der Waals surface area contributed by atoms with E-state index in [-0.39, 0.29) is 11.6 Å². The fourth-order valence-corrected chi connectivity index (χ4v) is 3.36. The predicted molar refractivity (Wildman–Crippen MR) is 85.3 cm³/mol. The second kappa shape index (κ2) is 7.59. The number of likely N-dealkylation sites (tertiary alicyclic amines) is 2. The molecular weight excluding hydrogens is 264 g/mol. The molecule has 4 nitrogen and oxygen atoms in total. The lowest BCUT2D eigenvalue weighted by Crippen LogP contribution is -2.39. The Kier molecular flexibility index (Phi) is 6.06. The van der Waals surface area contributed by atoms with Crippen molar-refractivity contribution >= 4 is 5.97 Å². The van der Waals surface area contributed by atoms with Gasteiger partial charge in [-0.3, -0.25) is 4.79 Å². The van der Waals surface area contributed by atoms with E-state index < -0.39 is 0 Å². The summed E-state index contributed by atoms with van der Waals surface area (Å²) in [5, 5.41) is 0. The Balaban J connectivity index is 1.59. The third-order valence-corrected chi connectivity index (χ3v) is 4.47. The molecule has 0 aromatic rings. The molecule has 0 aliphatic carbocycles. The van der Waals surface area contributed by atoms with E-state index in [0.717, 1.165) is 25.6 Å². The standard InChI is InChI=1S/C17H32N2O2/c1-17(2,3)21-16(20)8-13-18-11-6-15(7-12-18)14-19-9-4-5-10-19/h15H,4-14H2,1-3H3. The maximum absolute atomic E-state index is 11.7. The maximum Gasteiger partial charge on any atom is 0.307 e.